The van der Waals surface area contributed by atoms with Crippen molar-refractivity contribution < 1.29 is 4.79 Å². The fourth-order valence-corrected chi connectivity index (χ4v) is 3.19. The molecule has 1 atom stereocenters. The lowest BCUT2D eigenvalue weighted by atomic mass is 10.1. The van der Waals surface area contributed by atoms with Gasteiger partial charge in [-0.1, -0.05) is 26.0 Å². The zero-order chi connectivity index (χ0) is 14.5. The van der Waals surface area contributed by atoms with Crippen molar-refractivity contribution in [3.8, 4) is 0 Å². The number of thioether (sulfide) groups is 1. The number of carbonyl (C=O) groups is 1. The Morgan fingerprint density at radius 2 is 2.30 bits per heavy atom. The van der Waals surface area contributed by atoms with E-state index < -0.39 is 0 Å². The third-order valence-corrected chi connectivity index (χ3v) is 4.80. The lowest BCUT2D eigenvalue weighted by Gasteiger charge is -2.15. The van der Waals surface area contributed by atoms with Gasteiger partial charge in [0, 0.05) is 11.4 Å². The second kappa shape index (κ2) is 7.14. The van der Waals surface area contributed by atoms with E-state index in [0.29, 0.717) is 5.25 Å². The number of carbonyl (C=O) groups excluding carboxylic acids is 1. The summed E-state index contributed by atoms with van der Waals surface area (Å²) in [4.78, 5) is 12.2. The van der Waals surface area contributed by atoms with E-state index in [1.54, 1.807) is 0 Å². The first-order chi connectivity index (χ1) is 9.58. The largest absolute Gasteiger partial charge is 0.324 e. The lowest BCUT2D eigenvalue weighted by molar-refractivity contribution is -0.117. The van der Waals surface area contributed by atoms with Crippen LogP contribution in [-0.4, -0.2) is 23.7 Å². The zero-order valence-corrected chi connectivity index (χ0v) is 13.3. The quantitative estimate of drug-likeness (QED) is 0.874. The van der Waals surface area contributed by atoms with Crippen LogP contribution in [0.15, 0.2) is 18.2 Å². The number of nitrogens with one attached hydrogen (secondary N) is 2. The molecule has 0 saturated carbocycles. The highest BCUT2D eigenvalue weighted by atomic mass is 32.2. The molecule has 3 nitrogen and oxygen atoms in total. The number of rotatable bonds is 5. The van der Waals surface area contributed by atoms with Crippen LogP contribution < -0.4 is 10.6 Å². The Morgan fingerprint density at radius 3 is 2.95 bits per heavy atom. The third-order valence-electron chi connectivity index (χ3n) is 3.65. The van der Waals surface area contributed by atoms with E-state index in [1.165, 1.54) is 11.1 Å². The summed E-state index contributed by atoms with van der Waals surface area (Å²) in [6, 6.07) is 6.14. The minimum absolute atomic E-state index is 0.0249. The normalized spacial score (nSPS) is 18.5. The van der Waals surface area contributed by atoms with E-state index in [9.17, 15) is 4.79 Å². The molecule has 1 aliphatic heterocycles. The summed E-state index contributed by atoms with van der Waals surface area (Å²) in [5, 5.41) is 6.92. The highest BCUT2D eigenvalue weighted by molar-refractivity contribution is 7.99. The van der Waals surface area contributed by atoms with Gasteiger partial charge in [0.15, 0.2) is 0 Å². The Balaban J connectivity index is 2.03. The van der Waals surface area contributed by atoms with Gasteiger partial charge in [-0.2, -0.15) is 11.8 Å². The predicted octanol–water partition coefficient (Wildman–Crippen LogP) is 3.33. The monoisotopic (exact) mass is 292 g/mol. The molecule has 1 aromatic rings. The summed E-state index contributed by atoms with van der Waals surface area (Å²) < 4.78 is 0. The van der Waals surface area contributed by atoms with Gasteiger partial charge < -0.3 is 10.6 Å². The van der Waals surface area contributed by atoms with Crippen molar-refractivity contribution in [1.82, 2.24) is 5.32 Å². The molecule has 0 aromatic heterocycles. The molecular weight excluding hydrogens is 268 g/mol. The molecule has 0 spiro atoms. The first-order valence-corrected chi connectivity index (χ1v) is 8.37. The summed E-state index contributed by atoms with van der Waals surface area (Å²) in [5.41, 5.74) is 3.44. The SMILES string of the molecule is Cc1c(CSC(C)C)cccc1NC(=O)C1CCCN1. The van der Waals surface area contributed by atoms with Crippen LogP contribution in [0.1, 0.15) is 37.8 Å². The van der Waals surface area contributed by atoms with Gasteiger partial charge in [-0.05, 0) is 48.8 Å². The molecule has 1 amide bonds. The fourth-order valence-electron chi connectivity index (χ4n) is 2.36. The Morgan fingerprint density at radius 1 is 1.50 bits per heavy atom. The molecule has 1 aliphatic rings. The number of hydrogen-bond acceptors (Lipinski definition) is 3. The molecule has 1 aromatic carbocycles. The summed E-state index contributed by atoms with van der Waals surface area (Å²) in [5.74, 6) is 1.09. The highest BCUT2D eigenvalue weighted by Gasteiger charge is 2.22. The van der Waals surface area contributed by atoms with E-state index in [1.807, 2.05) is 23.9 Å². The van der Waals surface area contributed by atoms with Gasteiger partial charge >= 0.3 is 0 Å². The molecular formula is C16H24N2OS. The Kier molecular flexibility index (Phi) is 5.49. The molecule has 0 aliphatic carbocycles. The summed E-state index contributed by atoms with van der Waals surface area (Å²) in [7, 11) is 0. The molecule has 110 valence electrons. The van der Waals surface area contributed by atoms with Gasteiger partial charge in [-0.25, -0.2) is 0 Å². The van der Waals surface area contributed by atoms with Gasteiger partial charge in [0.2, 0.25) is 5.91 Å². The zero-order valence-electron chi connectivity index (χ0n) is 12.5. The molecule has 4 heteroatoms. The van der Waals surface area contributed by atoms with Gasteiger partial charge in [0.05, 0.1) is 6.04 Å². The molecule has 1 unspecified atom stereocenters. The van der Waals surface area contributed by atoms with Crippen LogP contribution >= 0.6 is 11.8 Å². The molecule has 2 rings (SSSR count). The van der Waals surface area contributed by atoms with Gasteiger partial charge in [-0.15, -0.1) is 0 Å². The highest BCUT2D eigenvalue weighted by Crippen LogP contribution is 2.25. The van der Waals surface area contributed by atoms with Crippen molar-refractivity contribution in [2.24, 2.45) is 0 Å². The maximum atomic E-state index is 12.2. The number of hydrogen-bond donors (Lipinski definition) is 2. The van der Waals surface area contributed by atoms with E-state index in [-0.39, 0.29) is 11.9 Å². The van der Waals surface area contributed by atoms with Crippen molar-refractivity contribution >= 4 is 23.4 Å². The van der Waals surface area contributed by atoms with Gasteiger partial charge in [0.25, 0.3) is 0 Å². The van der Waals surface area contributed by atoms with E-state index >= 15 is 0 Å². The van der Waals surface area contributed by atoms with Crippen LogP contribution in [0.25, 0.3) is 0 Å². The number of benzene rings is 1. The van der Waals surface area contributed by atoms with Crippen molar-refractivity contribution in [3.63, 3.8) is 0 Å². The standard InChI is InChI=1S/C16H24N2OS/c1-11(2)20-10-13-6-4-7-14(12(13)3)18-16(19)15-8-5-9-17-15/h4,6-7,11,15,17H,5,8-10H2,1-3H3,(H,18,19). The van der Waals surface area contributed by atoms with E-state index in [4.69, 9.17) is 0 Å². The molecule has 1 heterocycles. The second-order valence-electron chi connectivity index (χ2n) is 5.59. The van der Waals surface area contributed by atoms with Gasteiger partial charge in [-0.3, -0.25) is 4.79 Å². The van der Waals surface area contributed by atoms with Crippen LogP contribution in [0.4, 0.5) is 5.69 Å². The van der Waals surface area contributed by atoms with E-state index in [2.05, 4.69) is 37.5 Å². The Labute approximate surface area is 125 Å². The van der Waals surface area contributed by atoms with E-state index in [0.717, 1.165) is 30.8 Å². The predicted molar refractivity (Wildman–Crippen MR) is 87.3 cm³/mol. The van der Waals surface area contributed by atoms with Crippen LogP contribution in [0, 0.1) is 6.92 Å². The average molecular weight is 292 g/mol. The molecule has 1 saturated heterocycles. The van der Waals surface area contributed by atoms with Crippen LogP contribution in [0.5, 0.6) is 0 Å². The first-order valence-electron chi connectivity index (χ1n) is 7.32. The molecule has 0 bridgehead atoms. The van der Waals surface area contributed by atoms with Crippen molar-refractivity contribution in [2.45, 2.75) is 50.7 Å². The Hall–Kier alpha value is -1.00. The molecule has 2 N–H and O–H groups in total. The summed E-state index contributed by atoms with van der Waals surface area (Å²) in [6.07, 6.45) is 2.02. The van der Waals surface area contributed by atoms with Crippen molar-refractivity contribution in [3.05, 3.63) is 29.3 Å². The van der Waals surface area contributed by atoms with Crippen molar-refractivity contribution in [1.29, 1.82) is 0 Å². The number of anilines is 1. The average Bonchev–Trinajstić information content (AvgIpc) is 2.93. The minimum atomic E-state index is -0.0249. The minimum Gasteiger partial charge on any atom is -0.324 e. The van der Waals surface area contributed by atoms with Crippen LogP contribution in [-0.2, 0) is 10.5 Å². The summed E-state index contributed by atoms with van der Waals surface area (Å²) in [6.45, 7) is 7.45. The van der Waals surface area contributed by atoms with Gasteiger partial charge in [0.1, 0.15) is 0 Å². The number of amides is 1. The maximum Gasteiger partial charge on any atom is 0.241 e. The Bertz CT molecular complexity index is 468. The third kappa shape index (κ3) is 4.00. The maximum absolute atomic E-state index is 12.2. The topological polar surface area (TPSA) is 41.1 Å². The van der Waals surface area contributed by atoms with Crippen LogP contribution in [0.2, 0.25) is 0 Å². The van der Waals surface area contributed by atoms with Crippen molar-refractivity contribution in [2.75, 3.05) is 11.9 Å². The molecule has 20 heavy (non-hydrogen) atoms. The lowest BCUT2D eigenvalue weighted by Crippen LogP contribution is -2.35. The smallest absolute Gasteiger partial charge is 0.241 e. The molecule has 1 fully saturated rings. The van der Waals surface area contributed by atoms with Crippen LogP contribution in [0.3, 0.4) is 0 Å². The molecule has 0 radical (unpaired) electrons. The second-order valence-corrected chi connectivity index (χ2v) is 7.15. The first kappa shape index (κ1) is 15.4. The fraction of sp³-hybridized carbons (Fsp3) is 0.562. The summed E-state index contributed by atoms with van der Waals surface area (Å²) >= 11 is 1.93.